The summed E-state index contributed by atoms with van der Waals surface area (Å²) in [5, 5.41) is 5.84. The smallest absolute Gasteiger partial charge is 0.240 e. The maximum absolute atomic E-state index is 12.6. The summed E-state index contributed by atoms with van der Waals surface area (Å²) in [5.41, 5.74) is 6.66. The van der Waals surface area contributed by atoms with Gasteiger partial charge in [-0.05, 0) is 18.9 Å². The number of aromatic nitrogens is 1. The largest absolute Gasteiger partial charge is 0.357 e. The summed E-state index contributed by atoms with van der Waals surface area (Å²) in [6, 6.07) is 5.86. The van der Waals surface area contributed by atoms with Gasteiger partial charge in [0.15, 0.2) is 0 Å². The minimum atomic E-state index is -0.0587. The second-order valence-corrected chi connectivity index (χ2v) is 6.93. The van der Waals surface area contributed by atoms with Gasteiger partial charge in [-0.15, -0.1) is 0 Å². The van der Waals surface area contributed by atoms with Crippen molar-refractivity contribution in [3.05, 3.63) is 34.5 Å². The van der Waals surface area contributed by atoms with E-state index in [4.69, 9.17) is 11.6 Å². The number of hydrogen-bond acceptors (Lipinski definition) is 3. The fraction of sp³-hybridized carbons (Fsp3) is 0.389. The van der Waals surface area contributed by atoms with E-state index in [1.54, 1.807) is 0 Å². The molecule has 25 heavy (non-hydrogen) atoms. The number of nitrogens with zero attached hydrogens (tertiary/aromatic N) is 2. The standard InChI is InChI=1S/C18H19ClN4O2/c19-14-3-1-2-12-13-10-23(9-8-15(13)20-18(12)14)17(25)7-5-11-4-6-16(24)22-21-11/h1-3,20H,4-10H2,(H,22,24). The summed E-state index contributed by atoms with van der Waals surface area (Å²) in [6.07, 6.45) is 2.93. The molecular weight excluding hydrogens is 340 g/mol. The van der Waals surface area contributed by atoms with Gasteiger partial charge >= 0.3 is 0 Å². The topological polar surface area (TPSA) is 77.6 Å². The van der Waals surface area contributed by atoms with Gasteiger partial charge in [0.05, 0.1) is 10.5 Å². The fourth-order valence-corrected chi connectivity index (χ4v) is 3.74. The Morgan fingerprint density at radius 1 is 1.28 bits per heavy atom. The minimum absolute atomic E-state index is 0.0587. The van der Waals surface area contributed by atoms with Gasteiger partial charge in [0.1, 0.15) is 0 Å². The van der Waals surface area contributed by atoms with Crippen LogP contribution in [0.4, 0.5) is 0 Å². The van der Waals surface area contributed by atoms with Crippen LogP contribution >= 0.6 is 11.6 Å². The molecule has 0 fully saturated rings. The van der Waals surface area contributed by atoms with E-state index < -0.39 is 0 Å². The van der Waals surface area contributed by atoms with Crippen molar-refractivity contribution in [3.8, 4) is 0 Å². The van der Waals surface area contributed by atoms with Crippen LogP contribution in [-0.2, 0) is 22.6 Å². The van der Waals surface area contributed by atoms with Gasteiger partial charge < -0.3 is 9.88 Å². The Morgan fingerprint density at radius 2 is 2.16 bits per heavy atom. The number of halogens is 1. The first-order valence-electron chi connectivity index (χ1n) is 8.52. The first kappa shape index (κ1) is 16.1. The average molecular weight is 359 g/mol. The lowest BCUT2D eigenvalue weighted by molar-refractivity contribution is -0.131. The molecule has 0 atom stereocenters. The highest BCUT2D eigenvalue weighted by Gasteiger charge is 2.25. The number of benzene rings is 1. The van der Waals surface area contributed by atoms with E-state index in [-0.39, 0.29) is 11.8 Å². The molecule has 0 aliphatic carbocycles. The summed E-state index contributed by atoms with van der Waals surface area (Å²) in [6.45, 7) is 1.32. The van der Waals surface area contributed by atoms with E-state index >= 15 is 0 Å². The SMILES string of the molecule is O=C1CCC(CCC(=O)N2CCc3[nH]c4c(Cl)cccc4c3C2)=NN1. The Labute approximate surface area is 150 Å². The number of para-hydroxylation sites is 1. The normalized spacial score (nSPS) is 17.2. The fourth-order valence-electron chi connectivity index (χ4n) is 3.52. The van der Waals surface area contributed by atoms with E-state index in [1.807, 2.05) is 23.1 Å². The zero-order chi connectivity index (χ0) is 17.4. The predicted molar refractivity (Wildman–Crippen MR) is 96.5 cm³/mol. The number of amides is 2. The van der Waals surface area contributed by atoms with Crippen LogP contribution in [0.1, 0.15) is 36.9 Å². The Balaban J connectivity index is 1.45. The number of nitrogens with one attached hydrogen (secondary N) is 2. The van der Waals surface area contributed by atoms with E-state index in [0.717, 1.165) is 23.0 Å². The summed E-state index contributed by atoms with van der Waals surface area (Å²) < 4.78 is 0. The first-order valence-corrected chi connectivity index (χ1v) is 8.89. The van der Waals surface area contributed by atoms with Crippen LogP contribution in [0.25, 0.3) is 10.9 Å². The molecule has 0 saturated carbocycles. The van der Waals surface area contributed by atoms with Crippen molar-refractivity contribution < 1.29 is 9.59 Å². The highest BCUT2D eigenvalue weighted by atomic mass is 35.5. The molecule has 0 radical (unpaired) electrons. The molecule has 3 heterocycles. The van der Waals surface area contributed by atoms with Crippen molar-refractivity contribution in [3.63, 3.8) is 0 Å². The molecular formula is C18H19ClN4O2. The number of rotatable bonds is 3. The second-order valence-electron chi connectivity index (χ2n) is 6.52. The Morgan fingerprint density at radius 3 is 2.96 bits per heavy atom. The van der Waals surface area contributed by atoms with Gasteiger partial charge in [-0.2, -0.15) is 5.10 Å². The third-order valence-electron chi connectivity index (χ3n) is 4.92. The summed E-state index contributed by atoms with van der Waals surface area (Å²) in [4.78, 5) is 29.0. The molecule has 2 N–H and O–H groups in total. The molecule has 7 heteroatoms. The molecule has 0 saturated heterocycles. The van der Waals surface area contributed by atoms with Gasteiger partial charge in [-0.1, -0.05) is 23.7 Å². The lowest BCUT2D eigenvalue weighted by Gasteiger charge is -2.27. The van der Waals surface area contributed by atoms with Crippen molar-refractivity contribution in [2.24, 2.45) is 5.10 Å². The molecule has 1 aromatic carbocycles. The number of hydrogen-bond donors (Lipinski definition) is 2. The number of aromatic amines is 1. The van der Waals surface area contributed by atoms with Crippen molar-refractivity contribution in [2.45, 2.75) is 38.6 Å². The maximum atomic E-state index is 12.6. The van der Waals surface area contributed by atoms with Crippen LogP contribution in [0, 0.1) is 0 Å². The minimum Gasteiger partial charge on any atom is -0.357 e. The number of hydrazone groups is 1. The zero-order valence-corrected chi connectivity index (χ0v) is 14.5. The molecule has 0 bridgehead atoms. The van der Waals surface area contributed by atoms with Crippen LogP contribution in [0.5, 0.6) is 0 Å². The predicted octanol–water partition coefficient (Wildman–Crippen LogP) is 2.75. The van der Waals surface area contributed by atoms with Crippen molar-refractivity contribution in [2.75, 3.05) is 6.54 Å². The molecule has 2 amide bonds. The summed E-state index contributed by atoms with van der Waals surface area (Å²) >= 11 is 6.27. The third kappa shape index (κ3) is 3.14. The number of carbonyl (C=O) groups is 2. The average Bonchev–Trinajstić information content (AvgIpc) is 3.00. The van der Waals surface area contributed by atoms with Crippen LogP contribution < -0.4 is 5.43 Å². The maximum Gasteiger partial charge on any atom is 0.240 e. The molecule has 2 aliphatic rings. The van der Waals surface area contributed by atoms with Crippen molar-refractivity contribution in [1.29, 1.82) is 0 Å². The van der Waals surface area contributed by atoms with Crippen molar-refractivity contribution in [1.82, 2.24) is 15.3 Å². The number of H-pyrrole nitrogens is 1. The number of fused-ring (bicyclic) bond motifs is 3. The monoisotopic (exact) mass is 358 g/mol. The summed E-state index contributed by atoms with van der Waals surface area (Å²) in [5.74, 6) is 0.0678. The molecule has 6 nitrogen and oxygen atoms in total. The van der Waals surface area contributed by atoms with Gasteiger partial charge in [-0.3, -0.25) is 9.59 Å². The third-order valence-corrected chi connectivity index (χ3v) is 5.23. The Bertz CT molecular complexity index is 887. The number of carbonyl (C=O) groups excluding carboxylic acids is 2. The van der Waals surface area contributed by atoms with Crippen LogP contribution in [0.15, 0.2) is 23.3 Å². The zero-order valence-electron chi connectivity index (χ0n) is 13.8. The first-order chi connectivity index (χ1) is 12.1. The highest BCUT2D eigenvalue weighted by Crippen LogP contribution is 2.31. The van der Waals surface area contributed by atoms with E-state index in [1.165, 1.54) is 11.3 Å². The molecule has 0 spiro atoms. The van der Waals surface area contributed by atoms with Crippen LogP contribution in [0.3, 0.4) is 0 Å². The van der Waals surface area contributed by atoms with Gasteiger partial charge in [-0.25, -0.2) is 5.43 Å². The molecule has 1 aromatic heterocycles. The van der Waals surface area contributed by atoms with Crippen molar-refractivity contribution >= 4 is 40.0 Å². The molecule has 130 valence electrons. The Kier molecular flexibility index (Phi) is 4.21. The molecule has 2 aliphatic heterocycles. The molecule has 0 unspecified atom stereocenters. The van der Waals surface area contributed by atoms with E-state index in [2.05, 4.69) is 15.5 Å². The van der Waals surface area contributed by atoms with Gasteiger partial charge in [0, 0.05) is 54.7 Å². The molecule has 4 rings (SSSR count). The lowest BCUT2D eigenvalue weighted by atomic mass is 10.0. The van der Waals surface area contributed by atoms with E-state index in [0.29, 0.717) is 43.8 Å². The van der Waals surface area contributed by atoms with Crippen LogP contribution in [0.2, 0.25) is 5.02 Å². The lowest BCUT2D eigenvalue weighted by Crippen LogP contribution is -2.36. The van der Waals surface area contributed by atoms with Gasteiger partial charge in [0.2, 0.25) is 11.8 Å². The second kappa shape index (κ2) is 6.52. The quantitative estimate of drug-likeness (QED) is 0.885. The van der Waals surface area contributed by atoms with E-state index in [9.17, 15) is 9.59 Å². The van der Waals surface area contributed by atoms with Crippen LogP contribution in [-0.4, -0.2) is 34.0 Å². The summed E-state index contributed by atoms with van der Waals surface area (Å²) in [7, 11) is 0. The molecule has 2 aromatic rings. The Hall–Kier alpha value is -2.34. The van der Waals surface area contributed by atoms with Gasteiger partial charge in [0.25, 0.3) is 0 Å². The highest BCUT2D eigenvalue weighted by molar-refractivity contribution is 6.35.